The second-order valence-corrected chi connectivity index (χ2v) is 6.33. The summed E-state index contributed by atoms with van der Waals surface area (Å²) in [5, 5.41) is 0. The van der Waals surface area contributed by atoms with Gasteiger partial charge in [0.2, 0.25) is 0 Å². The maximum atomic E-state index is 12.8. The molecule has 2 aromatic rings. The van der Waals surface area contributed by atoms with Crippen molar-refractivity contribution in [3.8, 4) is 5.75 Å². The highest BCUT2D eigenvalue weighted by atomic mass is 16.6. The summed E-state index contributed by atoms with van der Waals surface area (Å²) in [5.41, 5.74) is 1.37. The molecule has 0 aliphatic heterocycles. The van der Waals surface area contributed by atoms with Crippen LogP contribution in [0.5, 0.6) is 5.75 Å². The first-order valence-electron chi connectivity index (χ1n) is 8.79. The molecule has 0 bridgehead atoms. The molecule has 1 saturated carbocycles. The average Bonchev–Trinajstić information content (AvgIpc) is 2.68. The van der Waals surface area contributed by atoms with Gasteiger partial charge in [0.1, 0.15) is 5.75 Å². The fourth-order valence-corrected chi connectivity index (χ4v) is 3.19. The van der Waals surface area contributed by atoms with Crippen LogP contribution >= 0.6 is 0 Å². The SMILES string of the molecule is COc1cncc(N(C(=O)OCC2CCCCC2)c2ccccc2)c1. The third-order valence-electron chi connectivity index (χ3n) is 4.56. The summed E-state index contributed by atoms with van der Waals surface area (Å²) in [7, 11) is 1.58. The molecular formula is C20H24N2O3. The van der Waals surface area contributed by atoms with Crippen molar-refractivity contribution in [2.45, 2.75) is 32.1 Å². The molecule has 0 saturated heterocycles. The summed E-state index contributed by atoms with van der Waals surface area (Å²) in [6.07, 6.45) is 8.88. The molecule has 3 rings (SSSR count). The number of methoxy groups -OCH3 is 1. The van der Waals surface area contributed by atoms with E-state index in [1.807, 2.05) is 30.3 Å². The van der Waals surface area contributed by atoms with E-state index in [-0.39, 0.29) is 6.09 Å². The minimum Gasteiger partial charge on any atom is -0.495 e. The molecule has 5 nitrogen and oxygen atoms in total. The largest absolute Gasteiger partial charge is 0.495 e. The van der Waals surface area contributed by atoms with Gasteiger partial charge in [0.15, 0.2) is 0 Å². The Labute approximate surface area is 148 Å². The molecule has 1 aromatic heterocycles. The van der Waals surface area contributed by atoms with Gasteiger partial charge in [-0.15, -0.1) is 0 Å². The van der Waals surface area contributed by atoms with Gasteiger partial charge in [-0.1, -0.05) is 37.5 Å². The van der Waals surface area contributed by atoms with E-state index in [1.54, 1.807) is 30.5 Å². The lowest BCUT2D eigenvalue weighted by molar-refractivity contribution is 0.124. The summed E-state index contributed by atoms with van der Waals surface area (Å²) >= 11 is 0. The Kier molecular flexibility index (Phi) is 5.88. The molecule has 1 aromatic carbocycles. The number of anilines is 2. The van der Waals surface area contributed by atoms with Crippen LogP contribution in [0.15, 0.2) is 48.8 Å². The van der Waals surface area contributed by atoms with Crippen molar-refractivity contribution >= 4 is 17.5 Å². The highest BCUT2D eigenvalue weighted by molar-refractivity contribution is 5.95. The van der Waals surface area contributed by atoms with Crippen molar-refractivity contribution in [2.24, 2.45) is 5.92 Å². The third-order valence-corrected chi connectivity index (χ3v) is 4.56. The van der Waals surface area contributed by atoms with E-state index in [1.165, 1.54) is 19.3 Å². The van der Waals surface area contributed by atoms with Gasteiger partial charge in [0.25, 0.3) is 0 Å². The molecule has 1 aliphatic rings. The maximum Gasteiger partial charge on any atom is 0.419 e. The predicted molar refractivity (Wildman–Crippen MR) is 97.3 cm³/mol. The van der Waals surface area contributed by atoms with Crippen molar-refractivity contribution in [1.82, 2.24) is 4.98 Å². The van der Waals surface area contributed by atoms with Gasteiger partial charge in [-0.05, 0) is 30.9 Å². The summed E-state index contributed by atoms with van der Waals surface area (Å²) in [6.45, 7) is 0.472. The number of benzene rings is 1. The Morgan fingerprint density at radius 1 is 1.12 bits per heavy atom. The number of hydrogen-bond donors (Lipinski definition) is 0. The van der Waals surface area contributed by atoms with E-state index in [2.05, 4.69) is 4.98 Å². The average molecular weight is 340 g/mol. The van der Waals surface area contributed by atoms with Crippen LogP contribution in [0.3, 0.4) is 0 Å². The van der Waals surface area contributed by atoms with E-state index >= 15 is 0 Å². The number of ether oxygens (including phenoxy) is 2. The molecule has 0 radical (unpaired) electrons. The number of nitrogens with zero attached hydrogens (tertiary/aromatic N) is 2. The van der Waals surface area contributed by atoms with Crippen LogP contribution < -0.4 is 9.64 Å². The van der Waals surface area contributed by atoms with Gasteiger partial charge >= 0.3 is 6.09 Å². The topological polar surface area (TPSA) is 51.7 Å². The Morgan fingerprint density at radius 2 is 1.88 bits per heavy atom. The van der Waals surface area contributed by atoms with Crippen LogP contribution in [-0.4, -0.2) is 24.8 Å². The van der Waals surface area contributed by atoms with Crippen molar-refractivity contribution in [3.05, 3.63) is 48.8 Å². The monoisotopic (exact) mass is 340 g/mol. The van der Waals surface area contributed by atoms with Crippen LogP contribution in [0.2, 0.25) is 0 Å². The molecule has 1 amide bonds. The van der Waals surface area contributed by atoms with Crippen LogP contribution in [0.25, 0.3) is 0 Å². The smallest absolute Gasteiger partial charge is 0.419 e. The Bertz CT molecular complexity index is 684. The van der Waals surface area contributed by atoms with Crippen molar-refractivity contribution < 1.29 is 14.3 Å². The fraction of sp³-hybridized carbons (Fsp3) is 0.400. The lowest BCUT2D eigenvalue weighted by atomic mass is 9.90. The maximum absolute atomic E-state index is 12.8. The molecule has 5 heteroatoms. The van der Waals surface area contributed by atoms with Crippen molar-refractivity contribution in [1.29, 1.82) is 0 Å². The zero-order valence-electron chi connectivity index (χ0n) is 14.6. The van der Waals surface area contributed by atoms with E-state index in [0.717, 1.165) is 18.5 Å². The third kappa shape index (κ3) is 4.50. The molecule has 0 unspecified atom stereocenters. The minimum absolute atomic E-state index is 0.383. The first kappa shape index (κ1) is 17.3. The summed E-state index contributed by atoms with van der Waals surface area (Å²) in [4.78, 5) is 18.5. The normalized spacial score (nSPS) is 14.8. The van der Waals surface area contributed by atoms with E-state index in [9.17, 15) is 4.79 Å². The number of para-hydroxylation sites is 1. The molecule has 1 heterocycles. The highest BCUT2D eigenvalue weighted by Gasteiger charge is 2.22. The van der Waals surface area contributed by atoms with E-state index in [4.69, 9.17) is 9.47 Å². The lowest BCUT2D eigenvalue weighted by Gasteiger charge is -2.25. The number of amides is 1. The molecule has 1 aliphatic carbocycles. The lowest BCUT2D eigenvalue weighted by Crippen LogP contribution is -2.29. The minimum atomic E-state index is -0.383. The van der Waals surface area contributed by atoms with Gasteiger partial charge in [-0.3, -0.25) is 4.98 Å². The fourth-order valence-electron chi connectivity index (χ4n) is 3.19. The second-order valence-electron chi connectivity index (χ2n) is 6.33. The Balaban J connectivity index is 1.79. The number of rotatable bonds is 5. The van der Waals surface area contributed by atoms with Gasteiger partial charge < -0.3 is 9.47 Å². The van der Waals surface area contributed by atoms with Gasteiger partial charge in [-0.25, -0.2) is 9.69 Å². The zero-order valence-corrected chi connectivity index (χ0v) is 14.6. The zero-order chi connectivity index (χ0) is 17.5. The first-order chi connectivity index (χ1) is 12.3. The van der Waals surface area contributed by atoms with E-state index < -0.39 is 0 Å². The summed E-state index contributed by atoms with van der Waals surface area (Å²) in [6, 6.07) is 11.2. The number of pyridine rings is 1. The summed E-state index contributed by atoms with van der Waals surface area (Å²) < 4.78 is 10.9. The van der Waals surface area contributed by atoms with Crippen molar-refractivity contribution in [2.75, 3.05) is 18.6 Å². The van der Waals surface area contributed by atoms with Gasteiger partial charge in [-0.2, -0.15) is 0 Å². The first-order valence-corrected chi connectivity index (χ1v) is 8.79. The molecule has 1 fully saturated rings. The molecule has 132 valence electrons. The number of aromatic nitrogens is 1. The van der Waals surface area contributed by atoms with Crippen LogP contribution in [0.4, 0.5) is 16.2 Å². The summed E-state index contributed by atoms with van der Waals surface area (Å²) in [5.74, 6) is 1.07. The van der Waals surface area contributed by atoms with Crippen LogP contribution in [0, 0.1) is 5.92 Å². The van der Waals surface area contributed by atoms with Crippen molar-refractivity contribution in [3.63, 3.8) is 0 Å². The highest BCUT2D eigenvalue weighted by Crippen LogP contribution is 2.29. The molecular weight excluding hydrogens is 316 g/mol. The van der Waals surface area contributed by atoms with Crippen LogP contribution in [-0.2, 0) is 4.74 Å². The molecule has 25 heavy (non-hydrogen) atoms. The van der Waals surface area contributed by atoms with Gasteiger partial charge in [0.05, 0.1) is 37.5 Å². The number of carbonyl (C=O) groups excluding carboxylic acids is 1. The van der Waals surface area contributed by atoms with Crippen LogP contribution in [0.1, 0.15) is 32.1 Å². The molecule has 0 N–H and O–H groups in total. The Hall–Kier alpha value is -2.56. The quantitative estimate of drug-likeness (QED) is 0.773. The standard InChI is InChI=1S/C20H24N2O3/c1-24-19-12-18(13-21-14-19)22(17-10-6-3-7-11-17)20(23)25-15-16-8-4-2-5-9-16/h3,6-7,10-14,16H,2,4-5,8-9,15H2,1H3. The predicted octanol–water partition coefficient (Wildman–Crippen LogP) is 4.95. The molecule has 0 atom stereocenters. The molecule has 0 spiro atoms. The second kappa shape index (κ2) is 8.51. The number of hydrogen-bond acceptors (Lipinski definition) is 4. The van der Waals surface area contributed by atoms with Gasteiger partial charge in [0, 0.05) is 6.07 Å². The van der Waals surface area contributed by atoms with E-state index in [0.29, 0.717) is 24.0 Å². The number of carbonyl (C=O) groups is 1. The Morgan fingerprint density at radius 3 is 2.60 bits per heavy atom.